The van der Waals surface area contributed by atoms with Crippen LogP contribution in [0.15, 0.2) is 48.9 Å². The number of aromatic amines is 1. The van der Waals surface area contributed by atoms with Gasteiger partial charge < -0.3 is 14.9 Å². The zero-order chi connectivity index (χ0) is 23.5. The van der Waals surface area contributed by atoms with E-state index in [4.69, 9.17) is 9.57 Å². The zero-order valence-electron chi connectivity index (χ0n) is 19.1. The van der Waals surface area contributed by atoms with Gasteiger partial charge in [-0.1, -0.05) is 20.3 Å². The first-order chi connectivity index (χ1) is 16.5. The lowest BCUT2D eigenvalue weighted by atomic mass is 9.93. The maximum Gasteiger partial charge on any atom is 0.437 e. The van der Waals surface area contributed by atoms with Gasteiger partial charge in [-0.05, 0) is 43.0 Å². The molecule has 10 nitrogen and oxygen atoms in total. The van der Waals surface area contributed by atoms with Crippen LogP contribution in [0.4, 0.5) is 10.6 Å². The molecule has 5 rings (SSSR count). The summed E-state index contributed by atoms with van der Waals surface area (Å²) < 4.78 is 7.35. The summed E-state index contributed by atoms with van der Waals surface area (Å²) in [4.78, 5) is 26.3. The number of nitrogens with one attached hydrogen (secondary N) is 3. The fraction of sp³-hybridized carbons (Fsp3) is 0.333. The van der Waals surface area contributed by atoms with Gasteiger partial charge in [-0.2, -0.15) is 9.83 Å². The quantitative estimate of drug-likeness (QED) is 0.356. The first kappa shape index (κ1) is 21.9. The Kier molecular flexibility index (Phi) is 6.13. The van der Waals surface area contributed by atoms with Crippen molar-refractivity contribution in [2.75, 3.05) is 5.32 Å². The van der Waals surface area contributed by atoms with Crippen LogP contribution in [0.25, 0.3) is 10.9 Å². The van der Waals surface area contributed by atoms with Gasteiger partial charge in [0, 0.05) is 42.0 Å². The van der Waals surface area contributed by atoms with Gasteiger partial charge in [-0.15, -0.1) is 0 Å². The van der Waals surface area contributed by atoms with Crippen molar-refractivity contribution in [2.24, 2.45) is 0 Å². The number of ether oxygens (including phenoxy) is 1. The van der Waals surface area contributed by atoms with Crippen LogP contribution in [0.2, 0.25) is 0 Å². The van der Waals surface area contributed by atoms with E-state index < -0.39 is 6.09 Å². The maximum atomic E-state index is 12.3. The summed E-state index contributed by atoms with van der Waals surface area (Å²) in [6.45, 7) is 4.77. The molecule has 176 valence electrons. The molecule has 1 aliphatic rings. The number of carbonyl (C=O) groups excluding carboxylic acids is 1. The van der Waals surface area contributed by atoms with E-state index in [9.17, 15) is 4.79 Å². The van der Waals surface area contributed by atoms with Crippen molar-refractivity contribution in [3.8, 4) is 11.6 Å². The SMILES string of the molecule is CC(C)c1cc(NC(=O)On2ccc3cc(Oc4cc(CNC5CCC5)ncn4)ccc32)n[nH]1. The third-order valence-corrected chi connectivity index (χ3v) is 5.86. The minimum atomic E-state index is -0.636. The molecule has 1 aliphatic carbocycles. The molecule has 0 radical (unpaired) electrons. The van der Waals surface area contributed by atoms with Crippen molar-refractivity contribution in [3.63, 3.8) is 0 Å². The number of carbonyl (C=O) groups is 1. The summed E-state index contributed by atoms with van der Waals surface area (Å²) in [6, 6.07) is 11.5. The zero-order valence-corrected chi connectivity index (χ0v) is 19.1. The predicted octanol–water partition coefficient (Wildman–Crippen LogP) is 4.37. The summed E-state index contributed by atoms with van der Waals surface area (Å²) in [5.74, 6) is 1.80. The number of fused-ring (bicyclic) bond motifs is 1. The van der Waals surface area contributed by atoms with Crippen LogP contribution in [-0.2, 0) is 6.54 Å². The molecule has 0 bridgehead atoms. The Balaban J connectivity index is 1.22. The number of rotatable bonds is 8. The Morgan fingerprint density at radius 3 is 2.85 bits per heavy atom. The third-order valence-electron chi connectivity index (χ3n) is 5.86. The second-order valence-corrected chi connectivity index (χ2v) is 8.69. The first-order valence-corrected chi connectivity index (χ1v) is 11.4. The largest absolute Gasteiger partial charge is 0.439 e. The number of hydrogen-bond donors (Lipinski definition) is 3. The van der Waals surface area contributed by atoms with Crippen molar-refractivity contribution >= 4 is 22.8 Å². The molecule has 34 heavy (non-hydrogen) atoms. The number of aromatic nitrogens is 5. The lowest BCUT2D eigenvalue weighted by molar-refractivity contribution is 0.153. The van der Waals surface area contributed by atoms with Crippen molar-refractivity contribution in [2.45, 2.75) is 51.6 Å². The fourth-order valence-electron chi connectivity index (χ4n) is 3.66. The second kappa shape index (κ2) is 9.52. The summed E-state index contributed by atoms with van der Waals surface area (Å²) >= 11 is 0. The van der Waals surface area contributed by atoms with E-state index in [0.29, 0.717) is 30.0 Å². The van der Waals surface area contributed by atoms with Crippen LogP contribution in [0.3, 0.4) is 0 Å². The molecule has 0 unspecified atom stereocenters. The predicted molar refractivity (Wildman–Crippen MR) is 127 cm³/mol. The van der Waals surface area contributed by atoms with Gasteiger partial charge in [-0.3, -0.25) is 10.4 Å². The Bertz CT molecular complexity index is 1290. The minimum absolute atomic E-state index is 0.279. The van der Waals surface area contributed by atoms with E-state index in [1.807, 2.05) is 38.1 Å². The summed E-state index contributed by atoms with van der Waals surface area (Å²) in [7, 11) is 0. The number of benzene rings is 1. The molecule has 1 amide bonds. The summed E-state index contributed by atoms with van der Waals surface area (Å²) in [6.07, 6.45) is 6.29. The monoisotopic (exact) mass is 461 g/mol. The van der Waals surface area contributed by atoms with Crippen LogP contribution in [0.5, 0.6) is 11.6 Å². The Morgan fingerprint density at radius 1 is 1.21 bits per heavy atom. The van der Waals surface area contributed by atoms with Crippen LogP contribution in [0, 0.1) is 0 Å². The highest BCUT2D eigenvalue weighted by Crippen LogP contribution is 2.26. The summed E-state index contributed by atoms with van der Waals surface area (Å²) in [5.41, 5.74) is 2.54. The molecule has 0 saturated heterocycles. The Labute approximate surface area is 196 Å². The van der Waals surface area contributed by atoms with E-state index >= 15 is 0 Å². The highest BCUT2D eigenvalue weighted by Gasteiger charge is 2.16. The van der Waals surface area contributed by atoms with Gasteiger partial charge in [-0.25, -0.2) is 14.8 Å². The number of anilines is 1. The average molecular weight is 462 g/mol. The molecule has 0 atom stereocenters. The van der Waals surface area contributed by atoms with E-state index in [1.165, 1.54) is 30.3 Å². The molecule has 1 saturated carbocycles. The maximum absolute atomic E-state index is 12.3. The fourth-order valence-corrected chi connectivity index (χ4v) is 3.66. The van der Waals surface area contributed by atoms with Crippen molar-refractivity contribution in [1.82, 2.24) is 30.2 Å². The molecule has 1 fully saturated rings. The van der Waals surface area contributed by atoms with Crippen LogP contribution in [0.1, 0.15) is 50.4 Å². The van der Waals surface area contributed by atoms with E-state index in [1.54, 1.807) is 18.3 Å². The molecule has 3 heterocycles. The van der Waals surface area contributed by atoms with Gasteiger partial charge in [0.05, 0.1) is 11.2 Å². The molecular weight excluding hydrogens is 434 g/mol. The lowest BCUT2D eigenvalue weighted by Gasteiger charge is -2.26. The normalized spacial score (nSPS) is 13.7. The van der Waals surface area contributed by atoms with Gasteiger partial charge in [0.2, 0.25) is 5.88 Å². The van der Waals surface area contributed by atoms with Crippen molar-refractivity contribution in [3.05, 3.63) is 60.3 Å². The Morgan fingerprint density at radius 2 is 2.09 bits per heavy atom. The highest BCUT2D eigenvalue weighted by atomic mass is 16.7. The van der Waals surface area contributed by atoms with Crippen LogP contribution in [-0.4, -0.2) is 37.0 Å². The van der Waals surface area contributed by atoms with Gasteiger partial charge in [0.25, 0.3) is 0 Å². The van der Waals surface area contributed by atoms with Crippen molar-refractivity contribution in [1.29, 1.82) is 0 Å². The Hall–Kier alpha value is -3.92. The minimum Gasteiger partial charge on any atom is -0.439 e. The van der Waals surface area contributed by atoms with Gasteiger partial charge >= 0.3 is 6.09 Å². The van der Waals surface area contributed by atoms with Crippen molar-refractivity contribution < 1.29 is 14.4 Å². The second-order valence-electron chi connectivity index (χ2n) is 8.69. The molecule has 10 heteroatoms. The molecule has 0 aliphatic heterocycles. The van der Waals surface area contributed by atoms with E-state index in [2.05, 4.69) is 30.8 Å². The highest BCUT2D eigenvalue weighted by molar-refractivity contribution is 5.86. The number of amides is 1. The summed E-state index contributed by atoms with van der Waals surface area (Å²) in [5, 5.41) is 13.9. The van der Waals surface area contributed by atoms with Gasteiger partial charge in [0.1, 0.15) is 12.1 Å². The number of hydrogen-bond acceptors (Lipinski definition) is 7. The molecule has 3 aromatic heterocycles. The van der Waals surface area contributed by atoms with E-state index in [0.717, 1.165) is 22.3 Å². The third kappa shape index (κ3) is 5.01. The topological polar surface area (TPSA) is 119 Å². The molecule has 3 N–H and O–H groups in total. The van der Waals surface area contributed by atoms with E-state index in [-0.39, 0.29) is 5.92 Å². The molecule has 1 aromatic carbocycles. The lowest BCUT2D eigenvalue weighted by Crippen LogP contribution is -2.34. The molecule has 0 spiro atoms. The van der Waals surface area contributed by atoms with Crippen LogP contribution >= 0.6 is 0 Å². The molecular formula is C24H27N7O3. The number of nitrogens with zero attached hydrogens (tertiary/aromatic N) is 4. The smallest absolute Gasteiger partial charge is 0.437 e. The molecule has 4 aromatic rings. The number of H-pyrrole nitrogens is 1. The standard InChI is InChI=1S/C24H27N7O3/c1-15(2)20-12-22(30-29-20)28-24(32)34-31-9-8-16-10-19(6-7-21(16)31)33-23-11-18(26-14-27-23)13-25-17-4-3-5-17/h6-12,14-15,17,25H,3-5,13H2,1-2H3,(H2,28,29,30,32). The first-order valence-electron chi connectivity index (χ1n) is 11.4. The van der Waals surface area contributed by atoms with Gasteiger partial charge in [0.15, 0.2) is 5.82 Å². The van der Waals surface area contributed by atoms with Crippen LogP contribution < -0.4 is 20.2 Å². The average Bonchev–Trinajstić information content (AvgIpc) is 3.40.